The minimum Gasteiger partial charge on any atom is -0.467 e. The molecule has 2 rings (SSSR count). The molecule has 3 nitrogen and oxygen atoms in total. The van der Waals surface area contributed by atoms with E-state index in [2.05, 4.69) is 24.0 Å². The summed E-state index contributed by atoms with van der Waals surface area (Å²) in [5.41, 5.74) is 0. The van der Waals surface area contributed by atoms with Crippen molar-refractivity contribution in [2.45, 2.75) is 43.6 Å². The molecule has 2 N–H and O–H groups in total. The molecule has 1 aliphatic rings. The number of hydrogen-bond donors (Lipinski definition) is 2. The van der Waals surface area contributed by atoms with E-state index < -0.39 is 6.10 Å². The third-order valence-corrected chi connectivity index (χ3v) is 4.49. The summed E-state index contributed by atoms with van der Waals surface area (Å²) in [5.74, 6) is 1.85. The predicted molar refractivity (Wildman–Crippen MR) is 71.2 cm³/mol. The van der Waals surface area contributed by atoms with Crippen molar-refractivity contribution in [3.8, 4) is 0 Å². The van der Waals surface area contributed by atoms with Crippen LogP contribution in [0.15, 0.2) is 22.8 Å². The Labute approximate surface area is 107 Å². The van der Waals surface area contributed by atoms with Crippen LogP contribution in [0, 0.1) is 0 Å². The second-order valence-corrected chi connectivity index (χ2v) is 6.10. The minimum absolute atomic E-state index is 0.525. The lowest BCUT2D eigenvalue weighted by Crippen LogP contribution is -2.30. The molecule has 3 atom stereocenters. The van der Waals surface area contributed by atoms with E-state index in [0.717, 1.165) is 5.25 Å². The summed E-state index contributed by atoms with van der Waals surface area (Å²) >= 11 is 2.05. The van der Waals surface area contributed by atoms with Gasteiger partial charge in [0.1, 0.15) is 11.9 Å². The lowest BCUT2D eigenvalue weighted by molar-refractivity contribution is 0.143. The SMILES string of the molecule is CCSC1CCC(NCC(O)c2ccco2)C1. The fraction of sp³-hybridized carbons (Fsp3) is 0.692. The third kappa shape index (κ3) is 3.76. The standard InChI is InChI=1S/C13H21NO2S/c1-2-17-11-6-5-10(8-11)14-9-12(15)13-4-3-7-16-13/h3-4,7,10-12,14-15H,2,5-6,8-9H2,1H3. The Hall–Kier alpha value is -0.450. The van der Waals surface area contributed by atoms with E-state index in [4.69, 9.17) is 4.42 Å². The highest BCUT2D eigenvalue weighted by Gasteiger charge is 2.24. The van der Waals surface area contributed by atoms with Crippen LogP contribution in [-0.2, 0) is 0 Å². The summed E-state index contributed by atoms with van der Waals surface area (Å²) in [6.07, 6.45) is 4.82. The molecule has 0 saturated heterocycles. The van der Waals surface area contributed by atoms with Gasteiger partial charge in [-0.15, -0.1) is 0 Å². The largest absolute Gasteiger partial charge is 0.467 e. The van der Waals surface area contributed by atoms with Crippen molar-refractivity contribution in [3.63, 3.8) is 0 Å². The third-order valence-electron chi connectivity index (χ3n) is 3.26. The number of rotatable bonds is 6. The molecule has 1 aromatic rings. The highest BCUT2D eigenvalue weighted by atomic mass is 32.2. The molecule has 1 aliphatic carbocycles. The monoisotopic (exact) mass is 255 g/mol. The maximum atomic E-state index is 9.88. The summed E-state index contributed by atoms with van der Waals surface area (Å²) in [6, 6.07) is 4.18. The number of thioether (sulfide) groups is 1. The first kappa shape index (κ1) is 13.0. The smallest absolute Gasteiger partial charge is 0.133 e. The highest BCUT2D eigenvalue weighted by molar-refractivity contribution is 7.99. The second kappa shape index (κ2) is 6.47. The van der Waals surface area contributed by atoms with Crippen molar-refractivity contribution in [2.24, 2.45) is 0 Å². The van der Waals surface area contributed by atoms with Gasteiger partial charge in [0.2, 0.25) is 0 Å². The molecule has 3 unspecified atom stereocenters. The summed E-state index contributed by atoms with van der Waals surface area (Å²) in [5, 5.41) is 14.1. The molecule has 0 aliphatic heterocycles. The fourth-order valence-corrected chi connectivity index (χ4v) is 3.51. The van der Waals surface area contributed by atoms with Gasteiger partial charge in [0.25, 0.3) is 0 Å². The van der Waals surface area contributed by atoms with Gasteiger partial charge < -0.3 is 14.8 Å². The number of aliphatic hydroxyl groups is 1. The number of aliphatic hydroxyl groups excluding tert-OH is 1. The number of nitrogens with one attached hydrogen (secondary N) is 1. The van der Waals surface area contributed by atoms with Gasteiger partial charge in [-0.2, -0.15) is 11.8 Å². The van der Waals surface area contributed by atoms with Gasteiger partial charge in [0.15, 0.2) is 0 Å². The van der Waals surface area contributed by atoms with Crippen LogP contribution >= 0.6 is 11.8 Å². The molecule has 0 amide bonds. The zero-order chi connectivity index (χ0) is 12.1. The quantitative estimate of drug-likeness (QED) is 0.820. The first-order valence-corrected chi connectivity index (χ1v) is 7.41. The minimum atomic E-state index is -0.525. The Morgan fingerprint density at radius 3 is 3.18 bits per heavy atom. The van der Waals surface area contributed by atoms with Gasteiger partial charge in [-0.05, 0) is 37.1 Å². The Balaban J connectivity index is 1.69. The van der Waals surface area contributed by atoms with Gasteiger partial charge in [0.05, 0.1) is 6.26 Å². The fourth-order valence-electron chi connectivity index (χ4n) is 2.37. The van der Waals surface area contributed by atoms with Crippen molar-refractivity contribution >= 4 is 11.8 Å². The first-order chi connectivity index (χ1) is 8.29. The van der Waals surface area contributed by atoms with E-state index in [-0.39, 0.29) is 0 Å². The molecule has 1 heterocycles. The zero-order valence-corrected chi connectivity index (χ0v) is 11.1. The van der Waals surface area contributed by atoms with Gasteiger partial charge in [-0.1, -0.05) is 6.92 Å². The van der Waals surface area contributed by atoms with E-state index in [9.17, 15) is 5.11 Å². The summed E-state index contributed by atoms with van der Waals surface area (Å²) in [4.78, 5) is 0. The van der Waals surface area contributed by atoms with Crippen molar-refractivity contribution in [2.75, 3.05) is 12.3 Å². The molecule has 96 valence electrons. The van der Waals surface area contributed by atoms with E-state index in [0.29, 0.717) is 18.3 Å². The molecular formula is C13H21NO2S. The Kier molecular flexibility index (Phi) is 4.95. The molecule has 0 radical (unpaired) electrons. The molecule has 1 fully saturated rings. The van der Waals surface area contributed by atoms with E-state index in [1.807, 2.05) is 12.1 Å². The van der Waals surface area contributed by atoms with Gasteiger partial charge >= 0.3 is 0 Å². The van der Waals surface area contributed by atoms with E-state index in [1.54, 1.807) is 6.26 Å². The van der Waals surface area contributed by atoms with E-state index >= 15 is 0 Å². The molecule has 4 heteroatoms. The lowest BCUT2D eigenvalue weighted by atomic mass is 10.2. The summed E-state index contributed by atoms with van der Waals surface area (Å²) in [7, 11) is 0. The van der Waals surface area contributed by atoms with Crippen LogP contribution in [0.25, 0.3) is 0 Å². The molecule has 1 saturated carbocycles. The molecule has 0 bridgehead atoms. The van der Waals surface area contributed by atoms with Gasteiger partial charge in [-0.3, -0.25) is 0 Å². The van der Waals surface area contributed by atoms with Crippen LogP contribution in [0.4, 0.5) is 0 Å². The average Bonchev–Trinajstić information content (AvgIpc) is 2.97. The van der Waals surface area contributed by atoms with Gasteiger partial charge in [-0.25, -0.2) is 0 Å². The maximum Gasteiger partial charge on any atom is 0.133 e. The molecule has 0 spiro atoms. The zero-order valence-electron chi connectivity index (χ0n) is 10.3. The van der Waals surface area contributed by atoms with E-state index in [1.165, 1.54) is 25.0 Å². The van der Waals surface area contributed by atoms with Crippen LogP contribution in [0.3, 0.4) is 0 Å². The Morgan fingerprint density at radius 2 is 2.47 bits per heavy atom. The topological polar surface area (TPSA) is 45.4 Å². The molecule has 0 aromatic carbocycles. The number of furan rings is 1. The average molecular weight is 255 g/mol. The van der Waals surface area contributed by atoms with Crippen LogP contribution in [0.5, 0.6) is 0 Å². The van der Waals surface area contributed by atoms with Crippen LogP contribution < -0.4 is 5.32 Å². The van der Waals surface area contributed by atoms with Crippen molar-refractivity contribution < 1.29 is 9.52 Å². The molecule has 1 aromatic heterocycles. The highest BCUT2D eigenvalue weighted by Crippen LogP contribution is 2.29. The Bertz CT molecular complexity index is 315. The normalized spacial score (nSPS) is 26.2. The molecular weight excluding hydrogens is 234 g/mol. The summed E-state index contributed by atoms with van der Waals surface area (Å²) in [6.45, 7) is 2.80. The van der Waals surface area contributed by atoms with Gasteiger partial charge in [0, 0.05) is 17.8 Å². The van der Waals surface area contributed by atoms with Crippen LogP contribution in [0.1, 0.15) is 38.1 Å². The lowest BCUT2D eigenvalue weighted by Gasteiger charge is -2.15. The van der Waals surface area contributed by atoms with Crippen LogP contribution in [0.2, 0.25) is 0 Å². The first-order valence-electron chi connectivity index (χ1n) is 6.36. The van der Waals surface area contributed by atoms with Crippen LogP contribution in [-0.4, -0.2) is 28.7 Å². The number of hydrogen-bond acceptors (Lipinski definition) is 4. The second-order valence-electron chi connectivity index (χ2n) is 4.53. The van der Waals surface area contributed by atoms with Crippen molar-refractivity contribution in [1.82, 2.24) is 5.32 Å². The Morgan fingerprint density at radius 1 is 1.59 bits per heavy atom. The predicted octanol–water partition coefficient (Wildman–Crippen LogP) is 2.58. The van der Waals surface area contributed by atoms with Crippen molar-refractivity contribution in [3.05, 3.63) is 24.2 Å². The van der Waals surface area contributed by atoms with Crippen molar-refractivity contribution in [1.29, 1.82) is 0 Å². The maximum absolute atomic E-state index is 9.88. The molecule has 17 heavy (non-hydrogen) atoms. The summed E-state index contributed by atoms with van der Waals surface area (Å²) < 4.78 is 5.18.